The molecule has 0 radical (unpaired) electrons. The standard InChI is InChI=1S/C28H28N4O2/c33-26(15-13-21-12-14-22-8-4-5-11-24(22)18-21)30-25-19-32(20-29-25)27(23-9-2-1-3-10-23)28(34)31-16-6-7-17-31/h1-5,8-12,14,18-20,27H,6-7,13,15-17H2,(H,30,33). The summed E-state index contributed by atoms with van der Waals surface area (Å²) in [5, 5.41) is 5.26. The van der Waals surface area contributed by atoms with Crippen molar-refractivity contribution in [1.82, 2.24) is 14.5 Å². The van der Waals surface area contributed by atoms with Crippen molar-refractivity contribution in [3.63, 3.8) is 0 Å². The molecule has 0 saturated carbocycles. The minimum atomic E-state index is -0.491. The van der Waals surface area contributed by atoms with Gasteiger partial charge in [0.1, 0.15) is 6.04 Å². The molecule has 0 aliphatic carbocycles. The molecule has 2 heterocycles. The van der Waals surface area contributed by atoms with Gasteiger partial charge in [-0.05, 0) is 41.2 Å². The predicted molar refractivity (Wildman–Crippen MR) is 134 cm³/mol. The van der Waals surface area contributed by atoms with Crippen LogP contribution >= 0.6 is 0 Å². The smallest absolute Gasteiger partial charge is 0.250 e. The molecule has 3 aromatic carbocycles. The number of imidazole rings is 1. The Labute approximate surface area is 199 Å². The fourth-order valence-electron chi connectivity index (χ4n) is 4.59. The molecule has 1 fully saturated rings. The molecule has 6 nitrogen and oxygen atoms in total. The molecule has 1 aromatic heterocycles. The highest BCUT2D eigenvalue weighted by Crippen LogP contribution is 2.25. The lowest BCUT2D eigenvalue weighted by Gasteiger charge is -2.24. The van der Waals surface area contributed by atoms with Gasteiger partial charge in [-0.25, -0.2) is 4.98 Å². The number of amides is 2. The molecular formula is C28H28N4O2. The van der Waals surface area contributed by atoms with Gasteiger partial charge in [0, 0.05) is 25.7 Å². The lowest BCUT2D eigenvalue weighted by atomic mass is 10.0. The molecule has 4 aromatic rings. The van der Waals surface area contributed by atoms with Crippen molar-refractivity contribution < 1.29 is 9.59 Å². The normalized spacial score (nSPS) is 14.3. The third kappa shape index (κ3) is 4.86. The molecule has 1 aliphatic rings. The number of rotatable bonds is 7. The molecule has 5 rings (SSSR count). The largest absolute Gasteiger partial charge is 0.341 e. The Bertz CT molecular complexity index is 1290. The SMILES string of the molecule is O=C(CCc1ccc2ccccc2c1)Nc1cn(C(C(=O)N2CCCC2)c2ccccc2)cn1. The Morgan fingerprint density at radius 3 is 2.44 bits per heavy atom. The highest BCUT2D eigenvalue weighted by molar-refractivity contribution is 5.90. The van der Waals surface area contributed by atoms with Crippen LogP contribution in [0.4, 0.5) is 5.82 Å². The van der Waals surface area contributed by atoms with E-state index in [1.165, 1.54) is 10.8 Å². The van der Waals surface area contributed by atoms with Crippen LogP contribution in [0, 0.1) is 0 Å². The number of fused-ring (bicyclic) bond motifs is 1. The second kappa shape index (κ2) is 9.91. The zero-order valence-electron chi connectivity index (χ0n) is 19.1. The van der Waals surface area contributed by atoms with Crippen molar-refractivity contribution in [3.8, 4) is 0 Å². The Morgan fingerprint density at radius 2 is 1.65 bits per heavy atom. The van der Waals surface area contributed by atoms with Gasteiger partial charge in [0.15, 0.2) is 5.82 Å². The summed E-state index contributed by atoms with van der Waals surface area (Å²) >= 11 is 0. The third-order valence-electron chi connectivity index (χ3n) is 6.39. The van der Waals surface area contributed by atoms with Crippen molar-refractivity contribution in [2.75, 3.05) is 18.4 Å². The van der Waals surface area contributed by atoms with Gasteiger partial charge in [-0.15, -0.1) is 0 Å². The number of nitrogens with zero attached hydrogens (tertiary/aromatic N) is 3. The van der Waals surface area contributed by atoms with E-state index in [1.54, 1.807) is 17.1 Å². The van der Waals surface area contributed by atoms with Crippen LogP contribution in [0.2, 0.25) is 0 Å². The summed E-state index contributed by atoms with van der Waals surface area (Å²) in [6, 6.07) is 23.7. The quantitative estimate of drug-likeness (QED) is 0.437. The summed E-state index contributed by atoms with van der Waals surface area (Å²) < 4.78 is 1.80. The van der Waals surface area contributed by atoms with Crippen LogP contribution in [-0.4, -0.2) is 39.4 Å². The number of hydrogen-bond donors (Lipinski definition) is 1. The minimum absolute atomic E-state index is 0.0651. The number of aromatic nitrogens is 2. The number of likely N-dealkylation sites (tertiary alicyclic amines) is 1. The number of carbonyl (C=O) groups is 2. The van der Waals surface area contributed by atoms with E-state index in [-0.39, 0.29) is 11.8 Å². The fraction of sp³-hybridized carbons (Fsp3) is 0.250. The van der Waals surface area contributed by atoms with Crippen molar-refractivity contribution in [1.29, 1.82) is 0 Å². The maximum Gasteiger partial charge on any atom is 0.250 e. The molecule has 172 valence electrons. The Kier molecular flexibility index (Phi) is 6.38. The first-order valence-corrected chi connectivity index (χ1v) is 11.8. The van der Waals surface area contributed by atoms with E-state index in [0.717, 1.165) is 37.1 Å². The predicted octanol–water partition coefficient (Wildman–Crippen LogP) is 4.82. The summed E-state index contributed by atoms with van der Waals surface area (Å²) in [5.41, 5.74) is 2.03. The summed E-state index contributed by atoms with van der Waals surface area (Å²) in [6.45, 7) is 1.57. The summed E-state index contributed by atoms with van der Waals surface area (Å²) in [6.07, 6.45) is 6.47. The van der Waals surface area contributed by atoms with Gasteiger partial charge in [0.05, 0.1) is 6.33 Å². The van der Waals surface area contributed by atoms with Gasteiger partial charge < -0.3 is 14.8 Å². The van der Waals surface area contributed by atoms with E-state index in [2.05, 4.69) is 40.6 Å². The number of carbonyl (C=O) groups excluding carboxylic acids is 2. The second-order valence-electron chi connectivity index (χ2n) is 8.78. The first kappa shape index (κ1) is 21.9. The van der Waals surface area contributed by atoms with Gasteiger partial charge in [-0.3, -0.25) is 9.59 Å². The molecular weight excluding hydrogens is 424 g/mol. The van der Waals surface area contributed by atoms with E-state index in [0.29, 0.717) is 18.7 Å². The first-order valence-electron chi connectivity index (χ1n) is 11.8. The molecule has 1 saturated heterocycles. The topological polar surface area (TPSA) is 67.2 Å². The summed E-state index contributed by atoms with van der Waals surface area (Å²) in [5.74, 6) is 0.425. The van der Waals surface area contributed by atoms with Crippen LogP contribution < -0.4 is 5.32 Å². The van der Waals surface area contributed by atoms with E-state index >= 15 is 0 Å². The highest BCUT2D eigenvalue weighted by Gasteiger charge is 2.29. The molecule has 1 N–H and O–H groups in total. The fourth-order valence-corrected chi connectivity index (χ4v) is 4.59. The second-order valence-corrected chi connectivity index (χ2v) is 8.78. The number of benzene rings is 3. The highest BCUT2D eigenvalue weighted by atomic mass is 16.2. The molecule has 1 unspecified atom stereocenters. The van der Waals surface area contributed by atoms with Crippen LogP contribution in [0.15, 0.2) is 85.3 Å². The molecule has 1 aliphatic heterocycles. The van der Waals surface area contributed by atoms with Gasteiger partial charge in [-0.2, -0.15) is 0 Å². The number of aryl methyl sites for hydroxylation is 1. The zero-order valence-corrected chi connectivity index (χ0v) is 19.1. The number of anilines is 1. The molecule has 34 heavy (non-hydrogen) atoms. The van der Waals surface area contributed by atoms with Crippen LogP contribution in [-0.2, 0) is 16.0 Å². The van der Waals surface area contributed by atoms with Gasteiger partial charge in [0.2, 0.25) is 11.8 Å². The summed E-state index contributed by atoms with van der Waals surface area (Å²) in [4.78, 5) is 32.2. The third-order valence-corrected chi connectivity index (χ3v) is 6.39. The van der Waals surface area contributed by atoms with Crippen molar-refractivity contribution >= 4 is 28.4 Å². The molecule has 2 amide bonds. The maximum atomic E-state index is 13.3. The van der Waals surface area contributed by atoms with E-state index in [9.17, 15) is 9.59 Å². The van der Waals surface area contributed by atoms with Crippen LogP contribution in [0.5, 0.6) is 0 Å². The Hall–Kier alpha value is -3.93. The van der Waals surface area contributed by atoms with Crippen LogP contribution in [0.25, 0.3) is 10.8 Å². The van der Waals surface area contributed by atoms with E-state index in [1.807, 2.05) is 47.4 Å². The lowest BCUT2D eigenvalue weighted by molar-refractivity contribution is -0.132. The zero-order chi connectivity index (χ0) is 23.3. The first-order chi connectivity index (χ1) is 16.7. The molecule has 0 spiro atoms. The Morgan fingerprint density at radius 1 is 0.912 bits per heavy atom. The molecule has 1 atom stereocenters. The van der Waals surface area contributed by atoms with Crippen molar-refractivity contribution in [3.05, 3.63) is 96.4 Å². The number of hydrogen-bond acceptors (Lipinski definition) is 3. The summed E-state index contributed by atoms with van der Waals surface area (Å²) in [7, 11) is 0. The van der Waals surface area contributed by atoms with E-state index < -0.39 is 6.04 Å². The average molecular weight is 453 g/mol. The Balaban J connectivity index is 1.26. The minimum Gasteiger partial charge on any atom is -0.341 e. The van der Waals surface area contributed by atoms with Crippen LogP contribution in [0.3, 0.4) is 0 Å². The van der Waals surface area contributed by atoms with Gasteiger partial charge >= 0.3 is 0 Å². The van der Waals surface area contributed by atoms with Crippen molar-refractivity contribution in [2.24, 2.45) is 0 Å². The van der Waals surface area contributed by atoms with Crippen LogP contribution in [0.1, 0.15) is 36.4 Å². The van der Waals surface area contributed by atoms with Crippen molar-refractivity contribution in [2.45, 2.75) is 31.7 Å². The monoisotopic (exact) mass is 452 g/mol. The average Bonchev–Trinajstić information content (AvgIpc) is 3.56. The van der Waals surface area contributed by atoms with E-state index in [4.69, 9.17) is 0 Å². The number of nitrogens with one attached hydrogen (secondary N) is 1. The molecule has 6 heteroatoms. The lowest BCUT2D eigenvalue weighted by Crippen LogP contribution is -2.35. The van der Waals surface area contributed by atoms with Gasteiger partial charge in [0.25, 0.3) is 0 Å². The molecule has 0 bridgehead atoms. The maximum absolute atomic E-state index is 13.3. The van der Waals surface area contributed by atoms with Gasteiger partial charge in [-0.1, -0.05) is 72.8 Å².